The highest BCUT2D eigenvalue weighted by atomic mass is 35.5. The van der Waals surface area contributed by atoms with E-state index in [1.54, 1.807) is 0 Å². The summed E-state index contributed by atoms with van der Waals surface area (Å²) in [5.41, 5.74) is 1.68. The molecule has 2 saturated heterocycles. The predicted octanol–water partition coefficient (Wildman–Crippen LogP) is 0.631. The van der Waals surface area contributed by atoms with Crippen LogP contribution in [0.25, 0.3) is 0 Å². The summed E-state index contributed by atoms with van der Waals surface area (Å²) in [7, 11) is 0. The molecule has 3 rings (SSSR count). The van der Waals surface area contributed by atoms with E-state index < -0.39 is 0 Å². The van der Waals surface area contributed by atoms with E-state index in [1.807, 2.05) is 24.3 Å². The molecule has 2 aliphatic heterocycles. The summed E-state index contributed by atoms with van der Waals surface area (Å²) < 4.78 is 5.33. The second-order valence-corrected chi connectivity index (χ2v) is 6.19. The zero-order chi connectivity index (χ0) is 16.9. The molecule has 2 fully saturated rings. The molecule has 2 atom stereocenters. The first-order valence-corrected chi connectivity index (χ1v) is 8.14. The highest BCUT2D eigenvalue weighted by molar-refractivity contribution is 6.03. The molecule has 136 valence electrons. The third kappa shape index (κ3) is 5.52. The summed E-state index contributed by atoms with van der Waals surface area (Å²) in [6.45, 7) is 2.00. The van der Waals surface area contributed by atoms with Gasteiger partial charge in [-0.1, -0.05) is 12.1 Å². The lowest BCUT2D eigenvalue weighted by molar-refractivity contribution is -0.125. The first kappa shape index (κ1) is 19.4. The average molecular weight is 368 g/mol. The number of amides is 3. The number of benzene rings is 1. The molecule has 0 bridgehead atoms. The number of anilines is 1. The van der Waals surface area contributed by atoms with Gasteiger partial charge in [-0.25, -0.2) is 0 Å². The molecule has 1 aromatic rings. The van der Waals surface area contributed by atoms with Gasteiger partial charge in [0, 0.05) is 31.1 Å². The summed E-state index contributed by atoms with van der Waals surface area (Å²) in [4.78, 5) is 34.8. The van der Waals surface area contributed by atoms with Crippen LogP contribution in [0.4, 0.5) is 5.69 Å². The summed E-state index contributed by atoms with van der Waals surface area (Å²) in [6, 6.07) is 7.41. The Labute approximate surface area is 152 Å². The highest BCUT2D eigenvalue weighted by Gasteiger charge is 2.30. The van der Waals surface area contributed by atoms with Crippen molar-refractivity contribution >= 4 is 35.8 Å². The second kappa shape index (κ2) is 8.94. The molecule has 7 nitrogen and oxygen atoms in total. The molecule has 0 aliphatic carbocycles. The minimum Gasteiger partial charge on any atom is -0.378 e. The zero-order valence-electron chi connectivity index (χ0n) is 13.7. The molecule has 2 heterocycles. The Hall–Kier alpha value is -1.96. The molecule has 3 amide bonds. The molecule has 0 saturated carbocycles. The summed E-state index contributed by atoms with van der Waals surface area (Å²) in [5, 5.41) is 8.41. The molecule has 2 aliphatic rings. The van der Waals surface area contributed by atoms with E-state index in [2.05, 4.69) is 16.0 Å². The van der Waals surface area contributed by atoms with Crippen LogP contribution in [0.5, 0.6) is 0 Å². The number of rotatable bonds is 5. The molecule has 0 aromatic heterocycles. The number of halogens is 1. The van der Waals surface area contributed by atoms with E-state index in [4.69, 9.17) is 4.74 Å². The van der Waals surface area contributed by atoms with Crippen LogP contribution < -0.4 is 16.0 Å². The van der Waals surface area contributed by atoms with Crippen LogP contribution in [0.1, 0.15) is 18.4 Å². The van der Waals surface area contributed by atoms with Crippen LogP contribution in [0.2, 0.25) is 0 Å². The molecular formula is C17H22ClN3O4. The lowest BCUT2D eigenvalue weighted by Gasteiger charge is -2.23. The maximum absolute atomic E-state index is 12.0. The quantitative estimate of drug-likeness (QED) is 0.663. The SMILES string of the molecule is Cl.O=C1CC(Cc2ccc(NC(=O)CC3COCCN3)cc2)C(=O)N1. The van der Waals surface area contributed by atoms with E-state index >= 15 is 0 Å². The Bertz CT molecular complexity index is 629. The van der Waals surface area contributed by atoms with Crippen molar-refractivity contribution in [2.24, 2.45) is 5.92 Å². The van der Waals surface area contributed by atoms with Gasteiger partial charge in [-0.2, -0.15) is 0 Å². The zero-order valence-corrected chi connectivity index (χ0v) is 14.6. The number of imide groups is 1. The summed E-state index contributed by atoms with van der Waals surface area (Å²) in [5.74, 6) is -0.782. The van der Waals surface area contributed by atoms with E-state index in [9.17, 15) is 14.4 Å². The van der Waals surface area contributed by atoms with Crippen LogP contribution in [-0.4, -0.2) is 43.5 Å². The second-order valence-electron chi connectivity index (χ2n) is 6.19. The molecule has 2 unspecified atom stereocenters. The lowest BCUT2D eigenvalue weighted by atomic mass is 9.98. The van der Waals surface area contributed by atoms with Crippen molar-refractivity contribution < 1.29 is 19.1 Å². The van der Waals surface area contributed by atoms with Crippen molar-refractivity contribution in [3.8, 4) is 0 Å². The number of nitrogens with one attached hydrogen (secondary N) is 3. The van der Waals surface area contributed by atoms with E-state index in [-0.39, 0.29) is 48.5 Å². The van der Waals surface area contributed by atoms with Crippen LogP contribution in [0.3, 0.4) is 0 Å². The topological polar surface area (TPSA) is 96.5 Å². The van der Waals surface area contributed by atoms with Crippen molar-refractivity contribution in [2.75, 3.05) is 25.1 Å². The van der Waals surface area contributed by atoms with Crippen molar-refractivity contribution in [3.05, 3.63) is 29.8 Å². The van der Waals surface area contributed by atoms with Gasteiger partial charge >= 0.3 is 0 Å². The number of carbonyl (C=O) groups is 3. The highest BCUT2D eigenvalue weighted by Crippen LogP contribution is 2.19. The van der Waals surface area contributed by atoms with Crippen LogP contribution in [-0.2, 0) is 25.5 Å². The first-order chi connectivity index (χ1) is 11.6. The van der Waals surface area contributed by atoms with Crippen LogP contribution >= 0.6 is 12.4 Å². The fourth-order valence-corrected chi connectivity index (χ4v) is 2.97. The molecule has 1 aromatic carbocycles. The first-order valence-electron chi connectivity index (χ1n) is 8.14. The number of carbonyl (C=O) groups excluding carboxylic acids is 3. The van der Waals surface area contributed by atoms with Gasteiger partial charge in [0.2, 0.25) is 17.7 Å². The largest absolute Gasteiger partial charge is 0.378 e. The molecule has 0 radical (unpaired) electrons. The summed E-state index contributed by atoms with van der Waals surface area (Å²) in [6.07, 6.45) is 1.13. The minimum atomic E-state index is -0.296. The third-order valence-electron chi connectivity index (χ3n) is 4.22. The lowest BCUT2D eigenvalue weighted by Crippen LogP contribution is -2.43. The van der Waals surface area contributed by atoms with Gasteiger partial charge in [0.15, 0.2) is 0 Å². The van der Waals surface area contributed by atoms with E-state index in [0.717, 1.165) is 12.1 Å². The minimum absolute atomic E-state index is 0. The van der Waals surface area contributed by atoms with Gasteiger partial charge in [-0.15, -0.1) is 12.4 Å². The fourth-order valence-electron chi connectivity index (χ4n) is 2.97. The molecule has 8 heteroatoms. The Morgan fingerprint density at radius 1 is 1.24 bits per heavy atom. The maximum atomic E-state index is 12.0. The number of morpholine rings is 1. The standard InChI is InChI=1S/C17H21N3O4.ClH/c21-15-8-12(17(23)20-15)7-11-1-3-13(4-2-11)19-16(22)9-14-10-24-6-5-18-14;/h1-4,12,14,18H,5-10H2,(H,19,22)(H,20,21,23);1H. The van der Waals surface area contributed by atoms with E-state index in [0.29, 0.717) is 31.7 Å². The van der Waals surface area contributed by atoms with E-state index in [1.165, 1.54) is 0 Å². The van der Waals surface area contributed by atoms with Crippen molar-refractivity contribution in [3.63, 3.8) is 0 Å². The van der Waals surface area contributed by atoms with Gasteiger partial charge in [0.05, 0.1) is 19.1 Å². The predicted molar refractivity (Wildman–Crippen MR) is 94.5 cm³/mol. The van der Waals surface area contributed by atoms with Gasteiger partial charge in [-0.3, -0.25) is 19.7 Å². The fraction of sp³-hybridized carbons (Fsp3) is 0.471. The summed E-state index contributed by atoms with van der Waals surface area (Å²) >= 11 is 0. The van der Waals surface area contributed by atoms with Crippen LogP contribution in [0, 0.1) is 5.92 Å². The number of ether oxygens (including phenoxy) is 1. The molecular weight excluding hydrogens is 346 g/mol. The Balaban J connectivity index is 0.00000225. The Morgan fingerprint density at radius 3 is 2.60 bits per heavy atom. The monoisotopic (exact) mass is 367 g/mol. The van der Waals surface area contributed by atoms with Gasteiger partial charge in [0.1, 0.15) is 0 Å². The molecule has 25 heavy (non-hydrogen) atoms. The van der Waals surface area contributed by atoms with Gasteiger partial charge < -0.3 is 15.4 Å². The van der Waals surface area contributed by atoms with Crippen molar-refractivity contribution in [1.82, 2.24) is 10.6 Å². The average Bonchev–Trinajstić information content (AvgIpc) is 2.87. The van der Waals surface area contributed by atoms with Gasteiger partial charge in [-0.05, 0) is 24.1 Å². The maximum Gasteiger partial charge on any atom is 0.230 e. The van der Waals surface area contributed by atoms with Gasteiger partial charge in [0.25, 0.3) is 0 Å². The number of hydrogen-bond acceptors (Lipinski definition) is 5. The molecule has 0 spiro atoms. The smallest absolute Gasteiger partial charge is 0.230 e. The van der Waals surface area contributed by atoms with Crippen molar-refractivity contribution in [1.29, 1.82) is 0 Å². The Kier molecular flexibility index (Phi) is 6.92. The van der Waals surface area contributed by atoms with Crippen molar-refractivity contribution in [2.45, 2.75) is 25.3 Å². The molecule has 3 N–H and O–H groups in total. The third-order valence-corrected chi connectivity index (χ3v) is 4.22. The van der Waals surface area contributed by atoms with Crippen LogP contribution in [0.15, 0.2) is 24.3 Å². The number of hydrogen-bond donors (Lipinski definition) is 3. The normalized spacial score (nSPS) is 22.9. The Morgan fingerprint density at radius 2 is 2.00 bits per heavy atom.